The number of carbonyl (C=O) groups is 1. The first kappa shape index (κ1) is 18.7. The lowest BCUT2D eigenvalue weighted by Gasteiger charge is -2.03. The van der Waals surface area contributed by atoms with Crippen molar-refractivity contribution in [3.63, 3.8) is 0 Å². The van der Waals surface area contributed by atoms with Crippen molar-refractivity contribution in [2.45, 2.75) is 0 Å². The minimum absolute atomic E-state index is 0.00591. The predicted molar refractivity (Wildman–Crippen MR) is 107 cm³/mol. The molecule has 0 atom stereocenters. The van der Waals surface area contributed by atoms with Crippen LogP contribution in [0.15, 0.2) is 53.6 Å². The van der Waals surface area contributed by atoms with Crippen molar-refractivity contribution in [1.82, 2.24) is 10.4 Å². The van der Waals surface area contributed by atoms with Crippen LogP contribution in [0.4, 0.5) is 10.8 Å². The summed E-state index contributed by atoms with van der Waals surface area (Å²) in [4.78, 5) is 16.8. The molecule has 3 rings (SSSR count). The maximum absolute atomic E-state index is 12.0. The number of nitrogens with zero attached hydrogens (tertiary/aromatic N) is 2. The van der Waals surface area contributed by atoms with E-state index in [0.717, 1.165) is 11.4 Å². The molecule has 27 heavy (non-hydrogen) atoms. The van der Waals surface area contributed by atoms with Crippen LogP contribution in [-0.2, 0) is 0 Å². The number of nitrogens with one attached hydrogen (secondary N) is 2. The number of rotatable bonds is 6. The van der Waals surface area contributed by atoms with Crippen LogP contribution in [0.1, 0.15) is 15.2 Å². The van der Waals surface area contributed by atoms with E-state index in [1.165, 1.54) is 29.7 Å². The van der Waals surface area contributed by atoms with Crippen LogP contribution in [-0.4, -0.2) is 29.3 Å². The maximum atomic E-state index is 12.0. The molecule has 0 spiro atoms. The molecule has 0 aliphatic rings. The third kappa shape index (κ3) is 4.96. The molecule has 0 unspecified atom stereocenters. The largest absolute Gasteiger partial charge is 0.508 e. The van der Waals surface area contributed by atoms with Gasteiger partial charge in [0.05, 0.1) is 18.2 Å². The van der Waals surface area contributed by atoms with E-state index in [0.29, 0.717) is 15.6 Å². The van der Waals surface area contributed by atoms with Gasteiger partial charge in [-0.3, -0.25) is 4.79 Å². The number of carbonyl (C=O) groups excluding carboxylic acids is 1. The number of aromatic nitrogens is 1. The Morgan fingerprint density at radius 3 is 2.78 bits per heavy atom. The Hall–Kier alpha value is -3.10. The van der Waals surface area contributed by atoms with Gasteiger partial charge in [0.15, 0.2) is 10.3 Å². The molecule has 2 aromatic carbocycles. The van der Waals surface area contributed by atoms with Gasteiger partial charge in [-0.05, 0) is 42.5 Å². The molecular weight excluding hydrogens is 388 g/mol. The molecule has 1 amide bonds. The monoisotopic (exact) mass is 402 g/mol. The zero-order valence-corrected chi connectivity index (χ0v) is 15.7. The fourth-order valence-corrected chi connectivity index (χ4v) is 3.15. The number of benzene rings is 2. The second-order valence-corrected chi connectivity index (χ2v) is 6.67. The quantitative estimate of drug-likeness (QED) is 0.427. The summed E-state index contributed by atoms with van der Waals surface area (Å²) in [5, 5.41) is 17.3. The summed E-state index contributed by atoms with van der Waals surface area (Å²) < 4.78 is 5.12. The molecule has 0 radical (unpaired) electrons. The highest BCUT2D eigenvalue weighted by molar-refractivity contribution is 7.17. The van der Waals surface area contributed by atoms with Gasteiger partial charge in [-0.2, -0.15) is 5.10 Å². The third-order valence-electron chi connectivity index (χ3n) is 3.41. The molecule has 1 aromatic heterocycles. The smallest absolute Gasteiger partial charge is 0.271 e. The van der Waals surface area contributed by atoms with E-state index in [2.05, 4.69) is 20.8 Å². The number of phenolic OH excluding ortho intramolecular Hbond substituents is 1. The molecule has 3 aromatic rings. The zero-order chi connectivity index (χ0) is 19.2. The van der Waals surface area contributed by atoms with Gasteiger partial charge in [0.1, 0.15) is 11.5 Å². The van der Waals surface area contributed by atoms with Crippen LogP contribution in [0.3, 0.4) is 0 Å². The molecule has 3 N–H and O–H groups in total. The number of halogens is 1. The fraction of sp³-hybridized carbons (Fsp3) is 0.0556. The minimum Gasteiger partial charge on any atom is -0.508 e. The number of anilines is 2. The van der Waals surface area contributed by atoms with E-state index in [1.807, 2.05) is 24.3 Å². The van der Waals surface area contributed by atoms with Gasteiger partial charge in [-0.25, -0.2) is 10.4 Å². The summed E-state index contributed by atoms with van der Waals surface area (Å²) in [5.74, 6) is 0.318. The second-order valence-electron chi connectivity index (χ2n) is 5.28. The summed E-state index contributed by atoms with van der Waals surface area (Å²) in [6, 6.07) is 13.4. The van der Waals surface area contributed by atoms with Crippen molar-refractivity contribution < 1.29 is 14.6 Å². The van der Waals surface area contributed by atoms with Crippen LogP contribution in [0.2, 0.25) is 5.15 Å². The Morgan fingerprint density at radius 2 is 2.07 bits per heavy atom. The van der Waals surface area contributed by atoms with Crippen molar-refractivity contribution in [2.24, 2.45) is 5.10 Å². The molecular formula is C18H15ClN4O3S. The molecule has 0 saturated carbocycles. The fourth-order valence-electron chi connectivity index (χ4n) is 2.11. The van der Waals surface area contributed by atoms with Crippen molar-refractivity contribution in [1.29, 1.82) is 0 Å². The van der Waals surface area contributed by atoms with E-state index in [-0.39, 0.29) is 10.9 Å². The van der Waals surface area contributed by atoms with Crippen LogP contribution in [0.25, 0.3) is 0 Å². The molecule has 0 saturated heterocycles. The normalized spacial score (nSPS) is 10.7. The number of hydrogen-bond donors (Lipinski definition) is 3. The van der Waals surface area contributed by atoms with Gasteiger partial charge in [0, 0.05) is 11.3 Å². The average Bonchev–Trinajstić information content (AvgIpc) is 3.01. The Balaban J connectivity index is 1.63. The van der Waals surface area contributed by atoms with Crippen molar-refractivity contribution >= 4 is 45.9 Å². The third-order valence-corrected chi connectivity index (χ3v) is 4.71. The molecule has 0 aliphatic heterocycles. The standard InChI is InChI=1S/C18H15ClN4O3S/c1-26-14-7-5-12(6-8-14)21-18-22-16(19)15(27-18)10-20-23-17(25)11-3-2-4-13(24)9-11/h2-10,24H,1H3,(H,21,22)(H,23,25)/b20-10+. The first-order valence-corrected chi connectivity index (χ1v) is 8.94. The lowest BCUT2D eigenvalue weighted by atomic mass is 10.2. The van der Waals surface area contributed by atoms with Crippen LogP contribution >= 0.6 is 22.9 Å². The van der Waals surface area contributed by atoms with Crippen LogP contribution in [0, 0.1) is 0 Å². The van der Waals surface area contributed by atoms with Gasteiger partial charge in [0.2, 0.25) is 0 Å². The van der Waals surface area contributed by atoms with Crippen molar-refractivity contribution in [2.75, 3.05) is 12.4 Å². The predicted octanol–water partition coefficient (Wildman–Crippen LogP) is 4.02. The van der Waals surface area contributed by atoms with Gasteiger partial charge in [0.25, 0.3) is 5.91 Å². The first-order chi connectivity index (χ1) is 13.0. The lowest BCUT2D eigenvalue weighted by molar-refractivity contribution is 0.0954. The SMILES string of the molecule is COc1ccc(Nc2nc(Cl)c(/C=N/NC(=O)c3cccc(O)c3)s2)cc1. The Kier molecular flexibility index (Phi) is 5.90. The molecule has 138 valence electrons. The molecule has 9 heteroatoms. The van der Waals surface area contributed by atoms with E-state index < -0.39 is 5.91 Å². The molecule has 1 heterocycles. The van der Waals surface area contributed by atoms with Crippen LogP contribution in [0.5, 0.6) is 11.5 Å². The Labute approximate surface area is 164 Å². The number of methoxy groups -OCH3 is 1. The molecule has 0 aliphatic carbocycles. The summed E-state index contributed by atoms with van der Waals surface area (Å²) in [6.45, 7) is 0. The Morgan fingerprint density at radius 1 is 1.30 bits per heavy atom. The Bertz CT molecular complexity index is 973. The van der Waals surface area contributed by atoms with Crippen molar-refractivity contribution in [3.05, 3.63) is 64.1 Å². The zero-order valence-electron chi connectivity index (χ0n) is 14.1. The molecule has 0 bridgehead atoms. The number of aromatic hydroxyl groups is 1. The maximum Gasteiger partial charge on any atom is 0.271 e. The average molecular weight is 403 g/mol. The molecule has 7 nitrogen and oxygen atoms in total. The van der Waals surface area contributed by atoms with E-state index in [1.54, 1.807) is 19.2 Å². The van der Waals surface area contributed by atoms with Crippen molar-refractivity contribution in [3.8, 4) is 11.5 Å². The number of hydrogen-bond acceptors (Lipinski definition) is 7. The number of hydrazone groups is 1. The van der Waals surface area contributed by atoms with Gasteiger partial charge < -0.3 is 15.2 Å². The first-order valence-electron chi connectivity index (χ1n) is 7.75. The summed E-state index contributed by atoms with van der Waals surface area (Å²) in [5.41, 5.74) is 3.51. The summed E-state index contributed by atoms with van der Waals surface area (Å²) in [7, 11) is 1.61. The molecule has 0 fully saturated rings. The number of phenols is 1. The summed E-state index contributed by atoms with van der Waals surface area (Å²) >= 11 is 7.40. The minimum atomic E-state index is -0.445. The number of ether oxygens (including phenoxy) is 1. The highest BCUT2D eigenvalue weighted by atomic mass is 35.5. The second kappa shape index (κ2) is 8.52. The van der Waals surface area contributed by atoms with Gasteiger partial charge in [-0.1, -0.05) is 29.0 Å². The topological polar surface area (TPSA) is 95.8 Å². The van der Waals surface area contributed by atoms with E-state index in [9.17, 15) is 9.90 Å². The highest BCUT2D eigenvalue weighted by Gasteiger charge is 2.09. The summed E-state index contributed by atoms with van der Waals surface area (Å²) in [6.07, 6.45) is 1.42. The van der Waals surface area contributed by atoms with Gasteiger partial charge in [-0.15, -0.1) is 0 Å². The van der Waals surface area contributed by atoms with Gasteiger partial charge >= 0.3 is 0 Å². The lowest BCUT2D eigenvalue weighted by Crippen LogP contribution is -2.17. The number of thiazole rings is 1. The van der Waals surface area contributed by atoms with Crippen LogP contribution < -0.4 is 15.5 Å². The number of amides is 1. The highest BCUT2D eigenvalue weighted by Crippen LogP contribution is 2.28. The van der Waals surface area contributed by atoms with E-state index >= 15 is 0 Å². The van der Waals surface area contributed by atoms with E-state index in [4.69, 9.17) is 16.3 Å².